The predicted octanol–water partition coefficient (Wildman–Crippen LogP) is 3.47. The number of anilines is 1. The quantitative estimate of drug-likeness (QED) is 0.781. The van der Waals surface area contributed by atoms with Crippen molar-refractivity contribution in [1.82, 2.24) is 9.88 Å². The van der Waals surface area contributed by atoms with Gasteiger partial charge >= 0.3 is 0 Å². The van der Waals surface area contributed by atoms with Crippen LogP contribution in [0.4, 0.5) is 5.82 Å². The maximum atomic E-state index is 4.66. The van der Waals surface area contributed by atoms with Gasteiger partial charge in [-0.2, -0.15) is 0 Å². The largest absolute Gasteiger partial charge is 0.357 e. The second-order valence-electron chi connectivity index (χ2n) is 5.28. The Morgan fingerprint density at radius 1 is 1.32 bits per heavy atom. The van der Waals surface area contributed by atoms with E-state index in [9.17, 15) is 0 Å². The molecule has 1 atom stereocenters. The molecular weight excluding hydrogens is 234 g/mol. The van der Waals surface area contributed by atoms with Gasteiger partial charge in [-0.25, -0.2) is 4.98 Å². The number of nitrogens with zero attached hydrogens (tertiary/aromatic N) is 3. The van der Waals surface area contributed by atoms with E-state index in [0.29, 0.717) is 6.04 Å². The third-order valence-corrected chi connectivity index (χ3v) is 4.11. The second-order valence-corrected chi connectivity index (χ2v) is 5.28. The van der Waals surface area contributed by atoms with Crippen LogP contribution in [0.1, 0.15) is 51.6 Å². The van der Waals surface area contributed by atoms with Gasteiger partial charge in [-0.05, 0) is 52.3 Å². The van der Waals surface area contributed by atoms with E-state index in [0.717, 1.165) is 13.1 Å². The van der Waals surface area contributed by atoms with Gasteiger partial charge in [-0.15, -0.1) is 0 Å². The topological polar surface area (TPSA) is 19.4 Å². The van der Waals surface area contributed by atoms with Crippen LogP contribution in [0.2, 0.25) is 0 Å². The number of hydrogen-bond acceptors (Lipinski definition) is 3. The van der Waals surface area contributed by atoms with Crippen molar-refractivity contribution < 1.29 is 0 Å². The average Bonchev–Trinajstić information content (AvgIpc) is 2.89. The lowest BCUT2D eigenvalue weighted by Gasteiger charge is -2.29. The van der Waals surface area contributed by atoms with Crippen LogP contribution in [-0.2, 0) is 0 Å². The third kappa shape index (κ3) is 3.08. The molecule has 3 heteroatoms. The summed E-state index contributed by atoms with van der Waals surface area (Å²) >= 11 is 0. The SMILES string of the molecule is CCCN1CCCC1c1cccnc1N(CC)CC. The van der Waals surface area contributed by atoms with Crippen molar-refractivity contribution in [3.63, 3.8) is 0 Å². The van der Waals surface area contributed by atoms with Gasteiger partial charge in [0.15, 0.2) is 0 Å². The molecule has 1 saturated heterocycles. The van der Waals surface area contributed by atoms with Gasteiger partial charge in [0, 0.05) is 30.9 Å². The molecule has 0 saturated carbocycles. The van der Waals surface area contributed by atoms with E-state index in [1.165, 1.54) is 43.7 Å². The zero-order valence-corrected chi connectivity index (χ0v) is 12.6. The van der Waals surface area contributed by atoms with E-state index in [1.54, 1.807) is 0 Å². The van der Waals surface area contributed by atoms with E-state index >= 15 is 0 Å². The van der Waals surface area contributed by atoms with Crippen molar-refractivity contribution >= 4 is 5.82 Å². The minimum absolute atomic E-state index is 0.573. The molecule has 3 nitrogen and oxygen atoms in total. The average molecular weight is 261 g/mol. The van der Waals surface area contributed by atoms with Crippen LogP contribution >= 0.6 is 0 Å². The molecule has 0 amide bonds. The summed E-state index contributed by atoms with van der Waals surface area (Å²) in [6.45, 7) is 11.2. The van der Waals surface area contributed by atoms with Gasteiger partial charge in [-0.3, -0.25) is 4.90 Å². The highest BCUT2D eigenvalue weighted by Crippen LogP contribution is 2.36. The maximum Gasteiger partial charge on any atom is 0.133 e. The molecule has 106 valence electrons. The monoisotopic (exact) mass is 261 g/mol. The lowest BCUT2D eigenvalue weighted by atomic mass is 10.0. The van der Waals surface area contributed by atoms with Gasteiger partial charge < -0.3 is 4.90 Å². The lowest BCUT2D eigenvalue weighted by Crippen LogP contribution is -2.29. The first-order valence-corrected chi connectivity index (χ1v) is 7.75. The maximum absolute atomic E-state index is 4.66. The molecule has 1 unspecified atom stereocenters. The summed E-state index contributed by atoms with van der Waals surface area (Å²) in [7, 11) is 0. The molecule has 0 aromatic carbocycles. The van der Waals surface area contributed by atoms with Crippen LogP contribution < -0.4 is 4.90 Å². The fourth-order valence-electron chi connectivity index (χ4n) is 3.19. The second kappa shape index (κ2) is 6.90. The Bertz CT molecular complexity index is 387. The molecule has 0 bridgehead atoms. The highest BCUT2D eigenvalue weighted by molar-refractivity contribution is 5.48. The number of rotatable bonds is 6. The Kier molecular flexibility index (Phi) is 5.20. The van der Waals surface area contributed by atoms with E-state index in [-0.39, 0.29) is 0 Å². The molecule has 19 heavy (non-hydrogen) atoms. The number of pyridine rings is 1. The molecule has 2 rings (SSSR count). The van der Waals surface area contributed by atoms with Crippen LogP contribution in [0, 0.1) is 0 Å². The molecule has 0 spiro atoms. The smallest absolute Gasteiger partial charge is 0.133 e. The van der Waals surface area contributed by atoms with E-state index < -0.39 is 0 Å². The first kappa shape index (κ1) is 14.3. The minimum atomic E-state index is 0.573. The normalized spacial score (nSPS) is 19.8. The summed E-state index contributed by atoms with van der Waals surface area (Å²) in [6.07, 6.45) is 5.75. The van der Waals surface area contributed by atoms with Crippen molar-refractivity contribution in [3.8, 4) is 0 Å². The molecule has 2 heterocycles. The fraction of sp³-hybridized carbons (Fsp3) is 0.688. The van der Waals surface area contributed by atoms with E-state index in [4.69, 9.17) is 0 Å². The van der Waals surface area contributed by atoms with Crippen molar-refractivity contribution in [2.45, 2.75) is 46.1 Å². The molecule has 0 N–H and O–H groups in total. The van der Waals surface area contributed by atoms with Gasteiger partial charge in [-0.1, -0.05) is 13.0 Å². The zero-order chi connectivity index (χ0) is 13.7. The van der Waals surface area contributed by atoms with Crippen molar-refractivity contribution in [2.24, 2.45) is 0 Å². The van der Waals surface area contributed by atoms with Crippen LogP contribution in [0.3, 0.4) is 0 Å². The number of aromatic nitrogens is 1. The van der Waals surface area contributed by atoms with Crippen LogP contribution in [-0.4, -0.2) is 36.1 Å². The van der Waals surface area contributed by atoms with Crippen molar-refractivity contribution in [1.29, 1.82) is 0 Å². The Morgan fingerprint density at radius 3 is 2.79 bits per heavy atom. The van der Waals surface area contributed by atoms with Crippen molar-refractivity contribution in [3.05, 3.63) is 23.9 Å². The molecule has 1 aliphatic rings. The van der Waals surface area contributed by atoms with Gasteiger partial charge in [0.2, 0.25) is 0 Å². The molecule has 0 aliphatic carbocycles. The predicted molar refractivity (Wildman–Crippen MR) is 81.6 cm³/mol. The molecule has 1 aromatic rings. The van der Waals surface area contributed by atoms with Crippen LogP contribution in [0.15, 0.2) is 18.3 Å². The molecule has 0 radical (unpaired) electrons. The fourth-order valence-corrected chi connectivity index (χ4v) is 3.19. The highest BCUT2D eigenvalue weighted by Gasteiger charge is 2.28. The Balaban J connectivity index is 2.28. The zero-order valence-electron chi connectivity index (χ0n) is 12.6. The molecule has 1 fully saturated rings. The summed E-state index contributed by atoms with van der Waals surface area (Å²) in [4.78, 5) is 9.66. The minimum Gasteiger partial charge on any atom is -0.357 e. The van der Waals surface area contributed by atoms with Crippen LogP contribution in [0.25, 0.3) is 0 Å². The summed E-state index contributed by atoms with van der Waals surface area (Å²) < 4.78 is 0. The first-order valence-electron chi connectivity index (χ1n) is 7.75. The van der Waals surface area contributed by atoms with Gasteiger partial charge in [0.25, 0.3) is 0 Å². The van der Waals surface area contributed by atoms with E-state index in [1.807, 2.05) is 6.20 Å². The third-order valence-electron chi connectivity index (χ3n) is 4.11. The standard InChI is InChI=1S/C16H27N3/c1-4-12-19-13-8-10-15(19)14-9-7-11-17-16(14)18(5-2)6-3/h7,9,11,15H,4-6,8,10,12-13H2,1-3H3. The van der Waals surface area contributed by atoms with Crippen molar-refractivity contribution in [2.75, 3.05) is 31.1 Å². The first-order chi connectivity index (χ1) is 9.31. The molecule has 1 aliphatic heterocycles. The van der Waals surface area contributed by atoms with E-state index in [2.05, 4.69) is 47.7 Å². The molecular formula is C16H27N3. The van der Waals surface area contributed by atoms with Gasteiger partial charge in [0.05, 0.1) is 0 Å². The summed E-state index contributed by atoms with van der Waals surface area (Å²) in [5.74, 6) is 1.19. The highest BCUT2D eigenvalue weighted by atomic mass is 15.2. The Labute approximate surface area is 117 Å². The van der Waals surface area contributed by atoms with Gasteiger partial charge in [0.1, 0.15) is 5.82 Å². The number of likely N-dealkylation sites (tertiary alicyclic amines) is 1. The summed E-state index contributed by atoms with van der Waals surface area (Å²) in [6, 6.07) is 4.94. The molecule has 1 aromatic heterocycles. The Hall–Kier alpha value is -1.09. The summed E-state index contributed by atoms with van der Waals surface area (Å²) in [5, 5.41) is 0. The number of hydrogen-bond donors (Lipinski definition) is 0. The Morgan fingerprint density at radius 2 is 2.11 bits per heavy atom. The lowest BCUT2D eigenvalue weighted by molar-refractivity contribution is 0.257. The summed E-state index contributed by atoms with van der Waals surface area (Å²) in [5.41, 5.74) is 1.43. The van der Waals surface area contributed by atoms with Crippen LogP contribution in [0.5, 0.6) is 0 Å².